The lowest BCUT2D eigenvalue weighted by atomic mass is 10.1. The Balaban J connectivity index is 1.97. The number of hydrogen-bond donors (Lipinski definition) is 2. The zero-order valence-electron chi connectivity index (χ0n) is 14.0. The molecule has 1 aliphatic rings. The molecule has 0 spiro atoms. The molecule has 0 aliphatic carbocycles. The summed E-state index contributed by atoms with van der Waals surface area (Å²) in [6.45, 7) is 5.89. The van der Waals surface area contributed by atoms with Crippen LogP contribution in [0.3, 0.4) is 0 Å². The maximum absolute atomic E-state index is 12.2. The van der Waals surface area contributed by atoms with Crippen molar-refractivity contribution >= 4 is 63.3 Å². The molecule has 1 fully saturated rings. The fourth-order valence-electron chi connectivity index (χ4n) is 1.79. The molecule has 25 heavy (non-hydrogen) atoms. The number of nitrogens with zero attached hydrogens (tertiary/aromatic N) is 2. The van der Waals surface area contributed by atoms with Gasteiger partial charge in [-0.2, -0.15) is 5.10 Å². The van der Waals surface area contributed by atoms with Gasteiger partial charge in [-0.15, -0.1) is 5.10 Å². The van der Waals surface area contributed by atoms with E-state index in [2.05, 4.69) is 20.8 Å². The van der Waals surface area contributed by atoms with E-state index in [4.69, 9.17) is 23.2 Å². The lowest BCUT2D eigenvalue weighted by Crippen LogP contribution is -2.28. The van der Waals surface area contributed by atoms with Gasteiger partial charge in [-0.05, 0) is 31.0 Å². The molecule has 1 aromatic carbocycles. The molecule has 9 heteroatoms. The quantitative estimate of drug-likeness (QED) is 0.579. The first kappa shape index (κ1) is 19.8. The Labute approximate surface area is 160 Å². The Kier molecular flexibility index (Phi) is 6.87. The largest absolute Gasteiger partial charge is 0.325 e. The summed E-state index contributed by atoms with van der Waals surface area (Å²) in [7, 11) is 0. The van der Waals surface area contributed by atoms with Gasteiger partial charge in [-0.1, -0.05) is 48.8 Å². The number of halogens is 2. The number of thioether (sulfide) groups is 1. The molecule has 1 aliphatic heterocycles. The van der Waals surface area contributed by atoms with Crippen molar-refractivity contribution in [3.8, 4) is 0 Å². The van der Waals surface area contributed by atoms with Crippen LogP contribution in [0.5, 0.6) is 0 Å². The molecule has 2 amide bonds. The number of rotatable bonds is 5. The van der Waals surface area contributed by atoms with Gasteiger partial charge in [-0.3, -0.25) is 9.59 Å². The summed E-state index contributed by atoms with van der Waals surface area (Å²) in [6, 6.07) is 4.78. The van der Waals surface area contributed by atoms with E-state index in [1.807, 2.05) is 20.8 Å². The molecule has 0 aromatic heterocycles. The lowest BCUT2D eigenvalue weighted by molar-refractivity contribution is -0.122. The Morgan fingerprint density at radius 2 is 2.12 bits per heavy atom. The van der Waals surface area contributed by atoms with Crippen LogP contribution in [0, 0.1) is 5.92 Å². The van der Waals surface area contributed by atoms with Gasteiger partial charge in [0.05, 0.1) is 10.7 Å². The molecule has 134 valence electrons. The minimum atomic E-state index is -0.564. The molecular weight excluding hydrogens is 383 g/mol. The van der Waals surface area contributed by atoms with Gasteiger partial charge in [-0.25, -0.2) is 0 Å². The number of anilines is 1. The van der Waals surface area contributed by atoms with E-state index < -0.39 is 5.25 Å². The average molecular weight is 401 g/mol. The van der Waals surface area contributed by atoms with Crippen molar-refractivity contribution in [2.75, 3.05) is 5.32 Å². The Bertz CT molecular complexity index is 750. The van der Waals surface area contributed by atoms with Crippen molar-refractivity contribution in [1.82, 2.24) is 5.32 Å². The van der Waals surface area contributed by atoms with E-state index >= 15 is 0 Å². The molecule has 0 radical (unpaired) electrons. The highest BCUT2D eigenvalue weighted by Gasteiger charge is 2.32. The second kappa shape index (κ2) is 8.69. The predicted octanol–water partition coefficient (Wildman–Crippen LogP) is 3.94. The van der Waals surface area contributed by atoms with E-state index in [9.17, 15) is 9.59 Å². The zero-order valence-corrected chi connectivity index (χ0v) is 16.3. The highest BCUT2D eigenvalue weighted by Crippen LogP contribution is 2.27. The van der Waals surface area contributed by atoms with Crippen LogP contribution < -0.4 is 10.6 Å². The maximum Gasteiger partial charge on any atom is 0.240 e. The summed E-state index contributed by atoms with van der Waals surface area (Å²) < 4.78 is 0. The van der Waals surface area contributed by atoms with Crippen molar-refractivity contribution in [3.05, 3.63) is 28.2 Å². The Hall–Kier alpha value is -1.57. The number of hydrogen-bond acceptors (Lipinski definition) is 5. The summed E-state index contributed by atoms with van der Waals surface area (Å²) in [5, 5.41) is 14.1. The summed E-state index contributed by atoms with van der Waals surface area (Å²) in [6.07, 6.45) is -0.00869. The SMILES string of the molecule is CC(=NN=C1NC(=O)C(CC(=O)Nc2cc(Cl)ccc2Cl)S1)C(C)C. The third-order valence-electron chi connectivity index (χ3n) is 3.48. The van der Waals surface area contributed by atoms with Gasteiger partial charge >= 0.3 is 0 Å². The minimum absolute atomic E-state index is 0.00869. The van der Waals surface area contributed by atoms with E-state index in [0.717, 1.165) is 5.71 Å². The van der Waals surface area contributed by atoms with Gasteiger partial charge in [0.2, 0.25) is 11.8 Å². The van der Waals surface area contributed by atoms with Gasteiger partial charge in [0.15, 0.2) is 5.17 Å². The number of amidine groups is 1. The molecule has 1 unspecified atom stereocenters. The second-order valence-corrected chi connectivity index (χ2v) is 7.81. The van der Waals surface area contributed by atoms with Crippen LogP contribution in [0.2, 0.25) is 10.0 Å². The first-order valence-corrected chi connectivity index (χ1v) is 9.24. The molecule has 6 nitrogen and oxygen atoms in total. The third-order valence-corrected chi connectivity index (χ3v) is 5.12. The van der Waals surface area contributed by atoms with Crippen LogP contribution in [-0.4, -0.2) is 27.9 Å². The van der Waals surface area contributed by atoms with Crippen LogP contribution in [0.1, 0.15) is 27.2 Å². The summed E-state index contributed by atoms with van der Waals surface area (Å²) >= 11 is 13.1. The number of amides is 2. The van der Waals surface area contributed by atoms with Crippen LogP contribution in [0.25, 0.3) is 0 Å². The molecular formula is C16H18Cl2N4O2S. The zero-order chi connectivity index (χ0) is 18.6. The summed E-state index contributed by atoms with van der Waals surface area (Å²) in [4.78, 5) is 24.1. The average Bonchev–Trinajstić information content (AvgIpc) is 2.88. The standard InChI is InChI=1S/C16H18Cl2N4O2S/c1-8(2)9(3)21-22-16-20-15(24)13(25-16)7-14(23)19-12-6-10(17)4-5-11(12)18/h4-6,8,13H,7H2,1-3H3,(H,19,23)(H,20,22,24). The van der Waals surface area contributed by atoms with Crippen LogP contribution in [0.4, 0.5) is 5.69 Å². The molecule has 2 N–H and O–H groups in total. The summed E-state index contributed by atoms with van der Waals surface area (Å²) in [5.41, 5.74) is 1.27. The van der Waals surface area contributed by atoms with Crippen molar-refractivity contribution < 1.29 is 9.59 Å². The van der Waals surface area contributed by atoms with Crippen molar-refractivity contribution in [3.63, 3.8) is 0 Å². The molecule has 0 bridgehead atoms. The summed E-state index contributed by atoms with van der Waals surface area (Å²) in [5.74, 6) is -0.330. The highest BCUT2D eigenvalue weighted by molar-refractivity contribution is 8.15. The van der Waals surface area contributed by atoms with Crippen LogP contribution >= 0.6 is 35.0 Å². The lowest BCUT2D eigenvalue weighted by Gasteiger charge is -2.09. The number of nitrogens with one attached hydrogen (secondary N) is 2. The first-order chi connectivity index (χ1) is 11.8. The van der Waals surface area contributed by atoms with Gasteiger partial charge < -0.3 is 10.6 Å². The van der Waals surface area contributed by atoms with Crippen molar-refractivity contribution in [2.24, 2.45) is 16.1 Å². The maximum atomic E-state index is 12.2. The monoisotopic (exact) mass is 400 g/mol. The topological polar surface area (TPSA) is 82.9 Å². The van der Waals surface area contributed by atoms with E-state index in [-0.39, 0.29) is 24.2 Å². The first-order valence-electron chi connectivity index (χ1n) is 7.61. The third kappa shape index (κ3) is 5.73. The van der Waals surface area contributed by atoms with E-state index in [1.165, 1.54) is 11.8 Å². The number of carbonyl (C=O) groups is 2. The Morgan fingerprint density at radius 3 is 2.80 bits per heavy atom. The highest BCUT2D eigenvalue weighted by atomic mass is 35.5. The molecule has 2 rings (SSSR count). The van der Waals surface area contributed by atoms with Gasteiger partial charge in [0.25, 0.3) is 0 Å². The number of carbonyl (C=O) groups excluding carboxylic acids is 2. The molecule has 1 atom stereocenters. The fourth-order valence-corrected chi connectivity index (χ4v) is 3.04. The molecule has 1 aromatic rings. The van der Waals surface area contributed by atoms with Crippen LogP contribution in [-0.2, 0) is 9.59 Å². The van der Waals surface area contributed by atoms with E-state index in [1.54, 1.807) is 18.2 Å². The smallest absolute Gasteiger partial charge is 0.240 e. The second-order valence-electron chi connectivity index (χ2n) is 5.77. The molecule has 1 heterocycles. The predicted molar refractivity (Wildman–Crippen MR) is 105 cm³/mol. The van der Waals surface area contributed by atoms with Gasteiger partial charge in [0.1, 0.15) is 5.25 Å². The molecule has 1 saturated heterocycles. The minimum Gasteiger partial charge on any atom is -0.325 e. The van der Waals surface area contributed by atoms with Crippen LogP contribution in [0.15, 0.2) is 28.4 Å². The number of benzene rings is 1. The fraction of sp³-hybridized carbons (Fsp3) is 0.375. The van der Waals surface area contributed by atoms with Crippen molar-refractivity contribution in [2.45, 2.75) is 32.4 Å². The normalized spacial score (nSPS) is 19.4. The van der Waals surface area contributed by atoms with Crippen molar-refractivity contribution in [1.29, 1.82) is 0 Å². The Morgan fingerprint density at radius 1 is 1.40 bits per heavy atom. The van der Waals surface area contributed by atoms with E-state index in [0.29, 0.717) is 20.9 Å². The van der Waals surface area contributed by atoms with Gasteiger partial charge in [0, 0.05) is 17.2 Å². The molecule has 0 saturated carbocycles.